The van der Waals surface area contributed by atoms with Crippen molar-refractivity contribution in [3.8, 4) is 0 Å². The van der Waals surface area contributed by atoms with Crippen molar-refractivity contribution in [2.75, 3.05) is 13.6 Å². The van der Waals surface area contributed by atoms with Gasteiger partial charge in [-0.05, 0) is 43.2 Å². The summed E-state index contributed by atoms with van der Waals surface area (Å²) in [7, 11) is -1.91. The first-order valence-electron chi connectivity index (χ1n) is 8.24. The number of rotatable bonds is 7. The molecule has 140 valence electrons. The highest BCUT2D eigenvalue weighted by molar-refractivity contribution is 9.10. The Balaban J connectivity index is 1.89. The standard InChI is InChI=1S/C19H23BrN2O3S/c1-14-4-9-18(15(2)12-14)26(24,25)21-11-10-19(23)22(3)13-16-5-7-17(20)8-6-16/h4-9,12,21H,10-11,13H2,1-3H3. The van der Waals surface area contributed by atoms with Gasteiger partial charge in [0, 0.05) is 31.0 Å². The van der Waals surface area contributed by atoms with Crippen LogP contribution in [0.3, 0.4) is 0 Å². The molecule has 0 spiro atoms. The summed E-state index contributed by atoms with van der Waals surface area (Å²) in [6.45, 7) is 4.23. The first-order valence-corrected chi connectivity index (χ1v) is 10.5. The summed E-state index contributed by atoms with van der Waals surface area (Å²) in [6.07, 6.45) is 0.108. The number of benzene rings is 2. The molecule has 0 saturated heterocycles. The minimum absolute atomic E-state index is 0.0686. The molecule has 0 heterocycles. The van der Waals surface area contributed by atoms with Crippen molar-refractivity contribution in [1.29, 1.82) is 0 Å². The maximum atomic E-state index is 12.4. The van der Waals surface area contributed by atoms with Gasteiger partial charge in [-0.3, -0.25) is 4.79 Å². The Morgan fingerprint density at radius 1 is 1.12 bits per heavy atom. The number of nitrogens with one attached hydrogen (secondary N) is 1. The monoisotopic (exact) mass is 438 g/mol. The molecule has 0 aliphatic heterocycles. The Morgan fingerprint density at radius 3 is 2.38 bits per heavy atom. The molecule has 0 saturated carbocycles. The number of nitrogens with zero attached hydrogens (tertiary/aromatic N) is 1. The van der Waals surface area contributed by atoms with Crippen LogP contribution < -0.4 is 4.72 Å². The van der Waals surface area contributed by atoms with Crippen LogP contribution in [0, 0.1) is 13.8 Å². The second-order valence-electron chi connectivity index (χ2n) is 6.29. The summed E-state index contributed by atoms with van der Waals surface area (Å²) in [5.41, 5.74) is 2.71. The minimum Gasteiger partial charge on any atom is -0.341 e. The third kappa shape index (κ3) is 5.65. The topological polar surface area (TPSA) is 66.5 Å². The molecule has 0 radical (unpaired) electrons. The van der Waals surface area contributed by atoms with Crippen LogP contribution in [0.25, 0.3) is 0 Å². The number of carbonyl (C=O) groups is 1. The fraction of sp³-hybridized carbons (Fsp3) is 0.316. The van der Waals surface area contributed by atoms with Gasteiger partial charge in [0.2, 0.25) is 15.9 Å². The van der Waals surface area contributed by atoms with E-state index in [1.54, 1.807) is 31.0 Å². The van der Waals surface area contributed by atoms with Gasteiger partial charge in [-0.1, -0.05) is 45.8 Å². The summed E-state index contributed by atoms with van der Waals surface area (Å²) < 4.78 is 28.3. The summed E-state index contributed by atoms with van der Waals surface area (Å²) in [6, 6.07) is 12.9. The van der Waals surface area contributed by atoms with Gasteiger partial charge in [0.15, 0.2) is 0 Å². The van der Waals surface area contributed by atoms with Crippen molar-refractivity contribution in [2.45, 2.75) is 31.7 Å². The molecule has 0 aliphatic rings. The average Bonchev–Trinajstić information content (AvgIpc) is 2.56. The van der Waals surface area contributed by atoms with E-state index in [0.717, 1.165) is 15.6 Å². The predicted octanol–water partition coefficient (Wildman–Crippen LogP) is 3.39. The fourth-order valence-electron chi connectivity index (χ4n) is 2.61. The lowest BCUT2D eigenvalue weighted by molar-refractivity contribution is -0.130. The van der Waals surface area contributed by atoms with Crippen molar-refractivity contribution >= 4 is 31.9 Å². The third-order valence-electron chi connectivity index (χ3n) is 4.01. The predicted molar refractivity (Wildman–Crippen MR) is 106 cm³/mol. The van der Waals surface area contributed by atoms with E-state index < -0.39 is 10.0 Å². The number of aryl methyl sites for hydroxylation is 2. The van der Waals surface area contributed by atoms with Crippen molar-refractivity contribution < 1.29 is 13.2 Å². The van der Waals surface area contributed by atoms with Crippen LogP contribution in [-0.4, -0.2) is 32.8 Å². The molecule has 1 N–H and O–H groups in total. The van der Waals surface area contributed by atoms with E-state index >= 15 is 0 Å². The van der Waals surface area contributed by atoms with Crippen molar-refractivity contribution in [3.05, 3.63) is 63.6 Å². The van der Waals surface area contributed by atoms with E-state index in [4.69, 9.17) is 0 Å². The summed E-state index contributed by atoms with van der Waals surface area (Å²) >= 11 is 3.38. The first kappa shape index (κ1) is 20.6. The quantitative estimate of drug-likeness (QED) is 0.719. The van der Waals surface area contributed by atoms with E-state index in [-0.39, 0.29) is 23.8 Å². The number of sulfonamides is 1. The molecule has 2 aromatic carbocycles. The summed E-state index contributed by atoms with van der Waals surface area (Å²) in [4.78, 5) is 14.1. The average molecular weight is 439 g/mol. The van der Waals surface area contributed by atoms with Gasteiger partial charge in [-0.15, -0.1) is 0 Å². The molecule has 1 amide bonds. The molecule has 2 rings (SSSR count). The van der Waals surface area contributed by atoms with Crippen LogP contribution in [-0.2, 0) is 21.4 Å². The van der Waals surface area contributed by atoms with Gasteiger partial charge in [0.1, 0.15) is 0 Å². The molecule has 0 aliphatic carbocycles. The maximum Gasteiger partial charge on any atom is 0.240 e. The Labute approximate surface area is 163 Å². The smallest absolute Gasteiger partial charge is 0.240 e. The molecule has 5 nitrogen and oxygen atoms in total. The van der Waals surface area contributed by atoms with Crippen LogP contribution in [0.5, 0.6) is 0 Å². The summed E-state index contributed by atoms with van der Waals surface area (Å²) in [5, 5.41) is 0. The van der Waals surface area contributed by atoms with E-state index in [1.807, 2.05) is 37.3 Å². The Bertz CT molecular complexity index is 880. The van der Waals surface area contributed by atoms with Crippen LogP contribution >= 0.6 is 15.9 Å². The highest BCUT2D eigenvalue weighted by atomic mass is 79.9. The molecule has 2 aromatic rings. The highest BCUT2D eigenvalue weighted by Gasteiger charge is 2.17. The number of hydrogen-bond donors (Lipinski definition) is 1. The van der Waals surface area contributed by atoms with E-state index in [1.165, 1.54) is 0 Å². The molecule has 0 bridgehead atoms. The Hall–Kier alpha value is -1.70. The molecule has 0 aromatic heterocycles. The minimum atomic E-state index is -3.62. The molecule has 0 fully saturated rings. The lowest BCUT2D eigenvalue weighted by Crippen LogP contribution is -2.32. The fourth-order valence-corrected chi connectivity index (χ4v) is 4.13. The van der Waals surface area contributed by atoms with Crippen LogP contribution in [0.1, 0.15) is 23.1 Å². The summed E-state index contributed by atoms with van der Waals surface area (Å²) in [5.74, 6) is -0.115. The van der Waals surface area contributed by atoms with Crippen LogP contribution in [0.4, 0.5) is 0 Å². The van der Waals surface area contributed by atoms with E-state index in [9.17, 15) is 13.2 Å². The zero-order chi connectivity index (χ0) is 19.3. The highest BCUT2D eigenvalue weighted by Crippen LogP contribution is 2.16. The van der Waals surface area contributed by atoms with Crippen LogP contribution in [0.15, 0.2) is 51.8 Å². The lowest BCUT2D eigenvalue weighted by atomic mass is 10.2. The van der Waals surface area contributed by atoms with Gasteiger partial charge < -0.3 is 4.90 Å². The van der Waals surface area contributed by atoms with Gasteiger partial charge in [0.25, 0.3) is 0 Å². The number of amides is 1. The van der Waals surface area contributed by atoms with Crippen LogP contribution in [0.2, 0.25) is 0 Å². The van der Waals surface area contributed by atoms with Crippen molar-refractivity contribution in [3.63, 3.8) is 0 Å². The molecule has 7 heteroatoms. The number of hydrogen-bond acceptors (Lipinski definition) is 3. The molecular formula is C19H23BrN2O3S. The Kier molecular flexibility index (Phi) is 6.97. The van der Waals surface area contributed by atoms with E-state index in [2.05, 4.69) is 20.7 Å². The number of carbonyl (C=O) groups excluding carboxylic acids is 1. The largest absolute Gasteiger partial charge is 0.341 e. The second kappa shape index (κ2) is 8.79. The van der Waals surface area contributed by atoms with Gasteiger partial charge in [-0.25, -0.2) is 13.1 Å². The van der Waals surface area contributed by atoms with E-state index in [0.29, 0.717) is 12.1 Å². The van der Waals surface area contributed by atoms with Crippen molar-refractivity contribution in [1.82, 2.24) is 9.62 Å². The van der Waals surface area contributed by atoms with Gasteiger partial charge in [0.05, 0.1) is 4.90 Å². The lowest BCUT2D eigenvalue weighted by Gasteiger charge is -2.17. The van der Waals surface area contributed by atoms with Crippen molar-refractivity contribution in [2.24, 2.45) is 0 Å². The van der Waals surface area contributed by atoms with Gasteiger partial charge in [-0.2, -0.15) is 0 Å². The second-order valence-corrected chi connectivity index (χ2v) is 8.94. The first-order chi connectivity index (χ1) is 12.2. The Morgan fingerprint density at radius 2 is 1.77 bits per heavy atom. The molecule has 26 heavy (non-hydrogen) atoms. The third-order valence-corrected chi connectivity index (χ3v) is 6.16. The number of halogens is 1. The maximum absolute atomic E-state index is 12.4. The zero-order valence-corrected chi connectivity index (χ0v) is 17.5. The van der Waals surface area contributed by atoms with Gasteiger partial charge >= 0.3 is 0 Å². The molecular weight excluding hydrogens is 416 g/mol. The zero-order valence-electron chi connectivity index (χ0n) is 15.1. The molecule has 0 unspecified atom stereocenters. The SMILES string of the molecule is Cc1ccc(S(=O)(=O)NCCC(=O)N(C)Cc2ccc(Br)cc2)c(C)c1. The normalized spacial score (nSPS) is 11.4. The molecule has 0 atom stereocenters.